The second kappa shape index (κ2) is 16.1. The summed E-state index contributed by atoms with van der Waals surface area (Å²) < 4.78 is 103. The number of hydrogen-bond acceptors (Lipinski definition) is 10. The van der Waals surface area contributed by atoms with Crippen molar-refractivity contribution < 1.29 is 59.7 Å². The molecule has 1 saturated carbocycles. The fourth-order valence-corrected chi connectivity index (χ4v) is 8.53. The molecule has 0 unspecified atom stereocenters. The number of rotatable bonds is 15. The molecular weight excluding hydrogens is 798 g/mol. The van der Waals surface area contributed by atoms with E-state index >= 15 is 0 Å². The second-order valence-corrected chi connectivity index (χ2v) is 15.5. The third-order valence-electron chi connectivity index (χ3n) is 11.4. The monoisotopic (exact) mass is 838 g/mol. The van der Waals surface area contributed by atoms with E-state index in [0.717, 1.165) is 22.3 Å². The zero-order chi connectivity index (χ0) is 42.5. The SMILES string of the molecule is Cc1c(-c2nc3cc(CNCC4(CO)CC(F)(F)C4)c(OC(F)F)cc3o2)cccc1-c1cccc(-c2nc3cc(CN4CCC[C@H]4C(=O)O)c(OC(F)F)cc3o2)c1C. The molecule has 17 heteroatoms. The average molecular weight is 839 g/mol. The first kappa shape index (κ1) is 41.1. The zero-order valence-corrected chi connectivity index (χ0v) is 32.4. The topological polar surface area (TPSA) is 143 Å². The molecule has 6 aromatic rings. The molecule has 60 heavy (non-hydrogen) atoms. The minimum Gasteiger partial charge on any atom is -0.480 e. The number of nitrogens with one attached hydrogen (secondary N) is 1. The number of aliphatic hydroxyl groups is 1. The second-order valence-electron chi connectivity index (χ2n) is 15.5. The van der Waals surface area contributed by atoms with Crippen LogP contribution in [0.3, 0.4) is 0 Å². The van der Waals surface area contributed by atoms with Crippen molar-refractivity contribution in [2.24, 2.45) is 5.41 Å². The predicted molar refractivity (Wildman–Crippen MR) is 207 cm³/mol. The molecule has 1 aliphatic heterocycles. The number of aromatic nitrogens is 2. The maximum Gasteiger partial charge on any atom is 0.387 e. The van der Waals surface area contributed by atoms with E-state index in [1.54, 1.807) is 11.0 Å². The van der Waals surface area contributed by atoms with E-state index < -0.39 is 56.0 Å². The Kier molecular flexibility index (Phi) is 11.0. The summed E-state index contributed by atoms with van der Waals surface area (Å²) >= 11 is 0. The number of fused-ring (bicyclic) bond motifs is 2. The van der Waals surface area contributed by atoms with Crippen LogP contribution in [0.1, 0.15) is 47.9 Å². The van der Waals surface area contributed by atoms with Crippen LogP contribution in [-0.2, 0) is 17.9 Å². The molecule has 4 aromatic carbocycles. The minimum absolute atomic E-state index is 0.0185. The lowest BCUT2D eigenvalue weighted by Crippen LogP contribution is -2.53. The summed E-state index contributed by atoms with van der Waals surface area (Å²) in [5, 5.41) is 22.4. The molecule has 3 heterocycles. The molecule has 2 aromatic heterocycles. The maximum absolute atomic E-state index is 13.6. The lowest BCUT2D eigenvalue weighted by molar-refractivity contribution is -0.174. The number of oxazole rings is 2. The minimum atomic E-state index is -3.15. The van der Waals surface area contributed by atoms with Gasteiger partial charge in [-0.3, -0.25) is 9.69 Å². The quantitative estimate of drug-likeness (QED) is 0.0852. The predicted octanol–water partition coefficient (Wildman–Crippen LogP) is 9.34. The Labute approximate surface area is 338 Å². The highest BCUT2D eigenvalue weighted by atomic mass is 19.3. The zero-order valence-electron chi connectivity index (χ0n) is 32.4. The summed E-state index contributed by atoms with van der Waals surface area (Å²) in [7, 11) is 0. The Bertz CT molecular complexity index is 2570. The molecule has 0 amide bonds. The van der Waals surface area contributed by atoms with Crippen molar-refractivity contribution in [3.8, 4) is 45.5 Å². The Hall–Kier alpha value is -5.65. The molecule has 0 bridgehead atoms. The van der Waals surface area contributed by atoms with Crippen LogP contribution in [0.5, 0.6) is 11.5 Å². The van der Waals surface area contributed by atoms with Gasteiger partial charge in [0.1, 0.15) is 28.6 Å². The molecule has 1 atom stereocenters. The van der Waals surface area contributed by atoms with Crippen molar-refractivity contribution >= 4 is 28.2 Å². The van der Waals surface area contributed by atoms with Crippen molar-refractivity contribution in [3.63, 3.8) is 0 Å². The van der Waals surface area contributed by atoms with Crippen molar-refractivity contribution in [1.29, 1.82) is 0 Å². The van der Waals surface area contributed by atoms with Gasteiger partial charge in [0.25, 0.3) is 0 Å². The van der Waals surface area contributed by atoms with Crippen LogP contribution in [0.25, 0.3) is 56.2 Å². The van der Waals surface area contributed by atoms with E-state index in [9.17, 15) is 41.4 Å². The number of carboxylic acids is 1. The van der Waals surface area contributed by atoms with E-state index in [0.29, 0.717) is 52.7 Å². The number of ether oxygens (including phenoxy) is 2. The summed E-state index contributed by atoms with van der Waals surface area (Å²) in [5.74, 6) is -3.70. The van der Waals surface area contributed by atoms with Gasteiger partial charge in [-0.25, -0.2) is 18.7 Å². The van der Waals surface area contributed by atoms with E-state index in [4.69, 9.17) is 23.3 Å². The van der Waals surface area contributed by atoms with Crippen LogP contribution < -0.4 is 14.8 Å². The van der Waals surface area contributed by atoms with Gasteiger partial charge in [-0.2, -0.15) is 17.6 Å². The van der Waals surface area contributed by atoms with Crippen LogP contribution >= 0.6 is 0 Å². The molecule has 316 valence electrons. The number of aliphatic carboxylic acids is 1. The third-order valence-corrected chi connectivity index (χ3v) is 11.4. The number of carboxylic acid groups (broad SMARTS) is 1. The lowest BCUT2D eigenvalue weighted by Gasteiger charge is -2.46. The summed E-state index contributed by atoms with van der Waals surface area (Å²) in [6.07, 6.45) is 0.158. The summed E-state index contributed by atoms with van der Waals surface area (Å²) in [4.78, 5) is 22.9. The molecule has 2 aliphatic rings. The fraction of sp³-hybridized carbons (Fsp3) is 0.372. The summed E-state index contributed by atoms with van der Waals surface area (Å²) in [6, 6.07) is 16.1. The van der Waals surface area contributed by atoms with E-state index in [2.05, 4.69) is 10.3 Å². The number of aliphatic hydroxyl groups excluding tert-OH is 1. The summed E-state index contributed by atoms with van der Waals surface area (Å²) in [6.45, 7) is -2.35. The number of carbonyl (C=O) groups is 1. The maximum atomic E-state index is 13.6. The van der Waals surface area contributed by atoms with Crippen molar-refractivity contribution in [2.45, 2.75) is 77.8 Å². The van der Waals surface area contributed by atoms with Crippen molar-refractivity contribution in [3.05, 3.63) is 82.9 Å². The lowest BCUT2D eigenvalue weighted by atomic mass is 9.66. The standard InChI is InChI=1S/C43H40F6N4O7/c1-22-26(6-3-8-28(22)37-51-30-12-24(33(59-40(44)45)14-35(30)57-37)16-50-20-42(21-54)18-43(48,49)19-42)27-7-4-9-29(23(27)2)38-52-31-13-25(17-53-11-5-10-32(53)39(55)56)34(60-41(46)47)15-36(31)58-38/h3-4,6-9,12-15,32,40-41,50,54H,5,10-11,16-21H2,1-2H3,(H,55,56)/t32-/m0/s1. The van der Waals surface area contributed by atoms with Gasteiger partial charge in [-0.05, 0) is 79.8 Å². The number of benzene rings is 4. The largest absolute Gasteiger partial charge is 0.480 e. The molecule has 3 N–H and O–H groups in total. The molecule has 1 saturated heterocycles. The number of halogens is 6. The number of nitrogens with zero attached hydrogens (tertiary/aromatic N) is 3. The van der Waals surface area contributed by atoms with Gasteiger partial charge >= 0.3 is 19.2 Å². The normalized spacial score (nSPS) is 17.6. The van der Waals surface area contributed by atoms with Gasteiger partial charge in [-0.1, -0.05) is 24.3 Å². The van der Waals surface area contributed by atoms with Gasteiger partial charge in [0.2, 0.25) is 17.7 Å². The molecule has 0 radical (unpaired) electrons. The van der Waals surface area contributed by atoms with Crippen LogP contribution in [0.15, 0.2) is 69.5 Å². The van der Waals surface area contributed by atoms with Crippen molar-refractivity contribution in [2.75, 3.05) is 19.7 Å². The molecule has 2 fully saturated rings. The average Bonchev–Trinajstić information content (AvgIpc) is 3.92. The Morgan fingerprint density at radius 3 is 1.87 bits per heavy atom. The number of hydrogen-bond donors (Lipinski definition) is 3. The van der Waals surface area contributed by atoms with Crippen LogP contribution in [0.4, 0.5) is 26.3 Å². The first-order valence-corrected chi connectivity index (χ1v) is 19.3. The Morgan fingerprint density at radius 1 is 0.850 bits per heavy atom. The fourth-order valence-electron chi connectivity index (χ4n) is 8.53. The molecular formula is C43H40F6N4O7. The third kappa shape index (κ3) is 8.12. The Morgan fingerprint density at radius 2 is 1.37 bits per heavy atom. The van der Waals surface area contributed by atoms with E-state index in [1.165, 1.54) is 18.2 Å². The molecule has 1 aliphatic carbocycles. The van der Waals surface area contributed by atoms with E-state index in [1.807, 2.05) is 50.2 Å². The molecule has 0 spiro atoms. The highest BCUT2D eigenvalue weighted by Gasteiger charge is 2.55. The van der Waals surface area contributed by atoms with Gasteiger partial charge in [0.05, 0.1) is 6.61 Å². The first-order chi connectivity index (χ1) is 28.6. The van der Waals surface area contributed by atoms with Gasteiger partial charge < -0.3 is 33.8 Å². The van der Waals surface area contributed by atoms with Gasteiger partial charge in [0, 0.05) is 72.3 Å². The van der Waals surface area contributed by atoms with Gasteiger partial charge in [-0.15, -0.1) is 0 Å². The number of alkyl halides is 6. The van der Waals surface area contributed by atoms with Crippen LogP contribution in [0.2, 0.25) is 0 Å². The van der Waals surface area contributed by atoms with E-state index in [-0.39, 0.29) is 54.1 Å². The molecule has 8 rings (SSSR count). The van der Waals surface area contributed by atoms with Crippen LogP contribution in [0, 0.1) is 19.3 Å². The smallest absolute Gasteiger partial charge is 0.387 e. The highest BCUT2D eigenvalue weighted by molar-refractivity contribution is 5.85. The van der Waals surface area contributed by atoms with Crippen LogP contribution in [-0.4, -0.2) is 75.9 Å². The molecule has 11 nitrogen and oxygen atoms in total. The Balaban J connectivity index is 1.09. The highest BCUT2D eigenvalue weighted by Crippen LogP contribution is 2.51. The first-order valence-electron chi connectivity index (χ1n) is 19.3. The number of likely N-dealkylation sites (tertiary alicyclic amines) is 1. The van der Waals surface area contributed by atoms with Gasteiger partial charge in [0.15, 0.2) is 11.2 Å². The van der Waals surface area contributed by atoms with Crippen molar-refractivity contribution in [1.82, 2.24) is 20.2 Å². The summed E-state index contributed by atoms with van der Waals surface area (Å²) in [5.41, 5.74) is 5.19.